The lowest BCUT2D eigenvalue weighted by Crippen LogP contribution is -2.14. The highest BCUT2D eigenvalue weighted by Crippen LogP contribution is 2.45. The fraction of sp³-hybridized carbons (Fsp3) is 0.382. The minimum atomic E-state index is -0.847. The smallest absolute Gasteiger partial charge is 0.304 e. The Labute approximate surface area is 239 Å². The average molecular weight is 553 g/mol. The van der Waals surface area contributed by atoms with Crippen molar-refractivity contribution in [2.75, 3.05) is 13.2 Å². The van der Waals surface area contributed by atoms with Gasteiger partial charge in [0.2, 0.25) is 0 Å². The first-order valence-corrected chi connectivity index (χ1v) is 14.5. The van der Waals surface area contributed by atoms with Crippen LogP contribution in [-0.4, -0.2) is 36.2 Å². The number of fused-ring (bicyclic) bond motifs is 2. The lowest BCUT2D eigenvalue weighted by atomic mass is 9.88. The number of ether oxygens (including phenoxy) is 2. The number of nitrogens with zero attached hydrogens (tertiary/aromatic N) is 2. The Bertz CT molecular complexity index is 1600. The van der Waals surface area contributed by atoms with E-state index in [4.69, 9.17) is 19.5 Å². The number of rotatable bonds is 7. The Morgan fingerprint density at radius 2 is 1.90 bits per heavy atom. The second kappa shape index (κ2) is 10.1. The summed E-state index contributed by atoms with van der Waals surface area (Å²) in [6.45, 7) is 5.28. The minimum Gasteiger partial charge on any atom is -0.492 e. The molecule has 0 amide bonds. The maximum atomic E-state index is 15.3. The van der Waals surface area contributed by atoms with Gasteiger partial charge in [-0.3, -0.25) is 14.8 Å². The molecule has 0 bridgehead atoms. The lowest BCUT2D eigenvalue weighted by molar-refractivity contribution is -0.137. The molecule has 1 saturated carbocycles. The first kappa shape index (κ1) is 25.9. The van der Waals surface area contributed by atoms with Gasteiger partial charge in [0.25, 0.3) is 0 Å². The molecule has 7 rings (SSSR count). The van der Waals surface area contributed by atoms with Crippen molar-refractivity contribution in [1.29, 1.82) is 0 Å². The van der Waals surface area contributed by atoms with E-state index in [1.165, 1.54) is 18.4 Å². The maximum Gasteiger partial charge on any atom is 0.304 e. The summed E-state index contributed by atoms with van der Waals surface area (Å²) in [5.41, 5.74) is 9.32. The van der Waals surface area contributed by atoms with Crippen LogP contribution in [0.1, 0.15) is 77.1 Å². The van der Waals surface area contributed by atoms with Crippen molar-refractivity contribution in [2.24, 2.45) is 15.9 Å². The molecule has 0 aromatic heterocycles. The Kier molecular flexibility index (Phi) is 6.40. The van der Waals surface area contributed by atoms with Gasteiger partial charge in [-0.1, -0.05) is 24.3 Å². The molecule has 210 valence electrons. The molecule has 0 radical (unpaired) electrons. The number of aliphatic imine (C=N–C) groups is 2. The topological polar surface area (TPSA) is 80.5 Å². The van der Waals surface area contributed by atoms with Crippen LogP contribution in [0.3, 0.4) is 0 Å². The lowest BCUT2D eigenvalue weighted by Gasteiger charge is -2.21. The molecule has 3 aromatic rings. The van der Waals surface area contributed by atoms with E-state index in [-0.39, 0.29) is 24.2 Å². The molecule has 7 heteroatoms. The molecular formula is C34H33FN2O4. The number of hydrogen-bond donors (Lipinski definition) is 1. The van der Waals surface area contributed by atoms with E-state index in [0.717, 1.165) is 45.5 Å². The summed E-state index contributed by atoms with van der Waals surface area (Å²) in [7, 11) is 0. The quantitative estimate of drug-likeness (QED) is 0.339. The highest BCUT2D eigenvalue weighted by molar-refractivity contribution is 6.32. The third-order valence-corrected chi connectivity index (χ3v) is 8.88. The van der Waals surface area contributed by atoms with Crippen LogP contribution in [0.5, 0.6) is 11.5 Å². The van der Waals surface area contributed by atoms with Gasteiger partial charge in [0.15, 0.2) is 0 Å². The van der Waals surface area contributed by atoms with E-state index in [2.05, 4.69) is 26.0 Å². The van der Waals surface area contributed by atoms with Crippen molar-refractivity contribution in [1.82, 2.24) is 0 Å². The van der Waals surface area contributed by atoms with Gasteiger partial charge in [0, 0.05) is 35.2 Å². The molecule has 2 heterocycles. The van der Waals surface area contributed by atoms with Gasteiger partial charge in [-0.15, -0.1) is 0 Å². The molecule has 1 unspecified atom stereocenters. The van der Waals surface area contributed by atoms with Gasteiger partial charge >= 0.3 is 5.97 Å². The zero-order valence-corrected chi connectivity index (χ0v) is 23.3. The molecule has 1 N–H and O–H groups in total. The molecular weight excluding hydrogens is 519 g/mol. The van der Waals surface area contributed by atoms with E-state index in [0.29, 0.717) is 42.6 Å². The molecule has 3 aromatic carbocycles. The zero-order valence-electron chi connectivity index (χ0n) is 23.3. The Morgan fingerprint density at radius 1 is 1.10 bits per heavy atom. The first-order valence-electron chi connectivity index (χ1n) is 14.5. The zero-order chi connectivity index (χ0) is 28.2. The molecule has 6 nitrogen and oxygen atoms in total. The number of carboxylic acids is 1. The number of carbonyl (C=O) groups is 1. The van der Waals surface area contributed by atoms with Gasteiger partial charge in [0.05, 0.1) is 31.3 Å². The Morgan fingerprint density at radius 3 is 2.61 bits per heavy atom. The van der Waals surface area contributed by atoms with Crippen LogP contribution in [-0.2, 0) is 11.2 Å². The van der Waals surface area contributed by atoms with E-state index in [1.807, 2.05) is 24.4 Å². The van der Waals surface area contributed by atoms with Crippen molar-refractivity contribution >= 4 is 17.9 Å². The van der Waals surface area contributed by atoms with Crippen LogP contribution >= 0.6 is 0 Å². The molecule has 0 spiro atoms. The van der Waals surface area contributed by atoms with Gasteiger partial charge in [-0.25, -0.2) is 4.39 Å². The monoisotopic (exact) mass is 552 g/mol. The fourth-order valence-corrected chi connectivity index (χ4v) is 6.77. The first-order chi connectivity index (χ1) is 19.9. The van der Waals surface area contributed by atoms with Crippen LogP contribution in [0.25, 0.3) is 11.1 Å². The summed E-state index contributed by atoms with van der Waals surface area (Å²) in [5, 5.41) is 9.18. The average Bonchev–Trinajstić information content (AvgIpc) is 3.61. The van der Waals surface area contributed by atoms with Crippen molar-refractivity contribution in [2.45, 2.75) is 64.0 Å². The van der Waals surface area contributed by atoms with E-state index in [9.17, 15) is 9.90 Å². The normalized spacial score (nSPS) is 22.6. The van der Waals surface area contributed by atoms with Gasteiger partial charge < -0.3 is 14.6 Å². The van der Waals surface area contributed by atoms with Crippen molar-refractivity contribution in [3.05, 3.63) is 81.7 Å². The third-order valence-electron chi connectivity index (χ3n) is 8.88. The van der Waals surface area contributed by atoms with E-state index < -0.39 is 12.1 Å². The summed E-state index contributed by atoms with van der Waals surface area (Å²) in [6, 6.07) is 13.4. The Balaban J connectivity index is 1.15. The molecule has 41 heavy (non-hydrogen) atoms. The summed E-state index contributed by atoms with van der Waals surface area (Å²) in [4.78, 5) is 20.8. The van der Waals surface area contributed by atoms with E-state index in [1.54, 1.807) is 12.1 Å². The number of aryl methyl sites for hydroxylation is 2. The van der Waals surface area contributed by atoms with Crippen LogP contribution < -0.4 is 9.47 Å². The fourth-order valence-electron chi connectivity index (χ4n) is 6.77. The van der Waals surface area contributed by atoms with E-state index >= 15 is 4.39 Å². The number of hydrogen-bond acceptors (Lipinski definition) is 5. The summed E-state index contributed by atoms with van der Waals surface area (Å²) in [5.74, 6) is 0.590. The van der Waals surface area contributed by atoms with Crippen LogP contribution in [0.4, 0.5) is 4.39 Å². The number of halogens is 1. The second-order valence-corrected chi connectivity index (χ2v) is 11.8. The van der Waals surface area contributed by atoms with Crippen molar-refractivity contribution in [3.8, 4) is 22.6 Å². The molecule has 0 saturated heterocycles. The Hall–Kier alpha value is -4.00. The number of benzene rings is 3. The van der Waals surface area contributed by atoms with Gasteiger partial charge in [0.1, 0.15) is 23.4 Å². The summed E-state index contributed by atoms with van der Waals surface area (Å²) < 4.78 is 27.4. The summed E-state index contributed by atoms with van der Waals surface area (Å²) >= 11 is 0. The maximum absolute atomic E-state index is 15.3. The molecule has 4 aliphatic rings. The third kappa shape index (κ3) is 4.81. The largest absolute Gasteiger partial charge is 0.492 e. The number of aliphatic carboxylic acids is 1. The number of carboxylic acid groups (broad SMARTS) is 1. The predicted octanol–water partition coefficient (Wildman–Crippen LogP) is 7.10. The second-order valence-electron chi connectivity index (χ2n) is 11.8. The molecule has 2 aliphatic carbocycles. The van der Waals surface area contributed by atoms with Crippen LogP contribution in [0.15, 0.2) is 52.4 Å². The standard InChI is InChI=1S/C34H33FN2O4/c1-18-11-21(29-16-36-28(15-37-29)20-3-4-20)12-19(2)33(18)25-7-9-27(35)34-26(25)8-10-30(34)41-23-5-6-24-22(13-32(38)39)17-40-31(24)14-23/h5-7,9,11-12,14-15,20,22,29-30H,3-4,8,10,13,16-17H2,1-2H3,(H,38,39)/t22-,29?,30-/m1/s1. The minimum absolute atomic E-state index is 0.0279. The SMILES string of the molecule is Cc1cc(C2CN=C(C3CC3)C=N2)cc(C)c1-c1ccc(F)c2c1CC[C@H]2Oc1ccc2c(c1)OC[C@H]2CC(=O)O. The van der Waals surface area contributed by atoms with Gasteiger partial charge in [-0.05, 0) is 85.0 Å². The van der Waals surface area contributed by atoms with Crippen LogP contribution in [0.2, 0.25) is 0 Å². The van der Waals surface area contributed by atoms with Crippen LogP contribution in [0, 0.1) is 25.6 Å². The van der Waals surface area contributed by atoms with Gasteiger partial charge in [-0.2, -0.15) is 0 Å². The molecule has 3 atom stereocenters. The highest BCUT2D eigenvalue weighted by atomic mass is 19.1. The highest BCUT2D eigenvalue weighted by Gasteiger charge is 2.33. The molecule has 1 fully saturated rings. The summed E-state index contributed by atoms with van der Waals surface area (Å²) in [6.07, 6.45) is 5.45. The molecule has 2 aliphatic heterocycles. The van der Waals surface area contributed by atoms with Crippen molar-refractivity contribution < 1.29 is 23.8 Å². The van der Waals surface area contributed by atoms with Crippen molar-refractivity contribution in [3.63, 3.8) is 0 Å². The predicted molar refractivity (Wildman–Crippen MR) is 156 cm³/mol.